The van der Waals surface area contributed by atoms with Gasteiger partial charge in [0.1, 0.15) is 11.6 Å². The lowest BCUT2D eigenvalue weighted by Crippen LogP contribution is -2.14. The zero-order valence-corrected chi connectivity index (χ0v) is 19.4. The highest BCUT2D eigenvalue weighted by atomic mass is 35.5. The van der Waals surface area contributed by atoms with Gasteiger partial charge in [-0.2, -0.15) is 5.26 Å². The zero-order chi connectivity index (χ0) is 22.9. The standard InChI is InChI=1S/C26H19ClN4OS/c1-2-31-22-6-4-3-5-19(22)20-13-17(9-12-23(20)31)24-21(14-28)25(32)30-26(29-24)33-15-16-7-10-18(27)11-8-16/h3-13H,2,15H2,1H3,(H,29,30,32). The van der Waals surface area contributed by atoms with E-state index in [1.165, 1.54) is 11.8 Å². The van der Waals surface area contributed by atoms with E-state index in [4.69, 9.17) is 11.6 Å². The van der Waals surface area contributed by atoms with E-state index in [1.807, 2.05) is 60.7 Å². The first-order valence-corrected chi connectivity index (χ1v) is 11.9. The van der Waals surface area contributed by atoms with Gasteiger partial charge in [0.2, 0.25) is 0 Å². The first kappa shape index (κ1) is 21.3. The Hall–Kier alpha value is -3.53. The van der Waals surface area contributed by atoms with Crippen LogP contribution in [0, 0.1) is 11.3 Å². The average molecular weight is 471 g/mol. The van der Waals surface area contributed by atoms with Crippen LogP contribution in [0.3, 0.4) is 0 Å². The molecule has 0 saturated heterocycles. The number of benzene rings is 3. The summed E-state index contributed by atoms with van der Waals surface area (Å²) in [5, 5.41) is 13.0. The average Bonchev–Trinajstić information content (AvgIpc) is 3.16. The van der Waals surface area contributed by atoms with Crippen molar-refractivity contribution in [2.24, 2.45) is 0 Å². The summed E-state index contributed by atoms with van der Waals surface area (Å²) in [6, 6.07) is 23.8. The smallest absolute Gasteiger partial charge is 0.270 e. The van der Waals surface area contributed by atoms with Crippen molar-refractivity contribution in [1.29, 1.82) is 5.26 Å². The first-order valence-electron chi connectivity index (χ1n) is 10.5. The predicted octanol–water partition coefficient (Wildman–Crippen LogP) is 6.38. The quantitative estimate of drug-likeness (QED) is 0.239. The highest BCUT2D eigenvalue weighted by molar-refractivity contribution is 7.98. The van der Waals surface area contributed by atoms with Crippen LogP contribution in [-0.2, 0) is 12.3 Å². The molecule has 7 heteroatoms. The van der Waals surface area contributed by atoms with E-state index in [1.54, 1.807) is 0 Å². The van der Waals surface area contributed by atoms with Crippen LogP contribution in [0.15, 0.2) is 76.7 Å². The molecule has 0 saturated carbocycles. The number of aryl methyl sites for hydroxylation is 1. The summed E-state index contributed by atoms with van der Waals surface area (Å²) in [6.45, 7) is 2.97. The minimum Gasteiger partial charge on any atom is -0.341 e. The fourth-order valence-corrected chi connectivity index (χ4v) is 5.05. The third kappa shape index (κ3) is 3.91. The van der Waals surface area contributed by atoms with Gasteiger partial charge in [-0.1, -0.05) is 59.8 Å². The van der Waals surface area contributed by atoms with E-state index >= 15 is 0 Å². The zero-order valence-electron chi connectivity index (χ0n) is 17.8. The number of rotatable bonds is 5. The Balaban J connectivity index is 1.60. The van der Waals surface area contributed by atoms with E-state index in [0.717, 1.165) is 39.5 Å². The van der Waals surface area contributed by atoms with Crippen molar-refractivity contribution >= 4 is 45.2 Å². The van der Waals surface area contributed by atoms with Crippen molar-refractivity contribution < 1.29 is 0 Å². The molecule has 5 nitrogen and oxygen atoms in total. The molecular weight excluding hydrogens is 452 g/mol. The second kappa shape index (κ2) is 8.78. The molecule has 0 unspecified atom stereocenters. The number of thioether (sulfide) groups is 1. The SMILES string of the molecule is CCn1c2ccccc2c2cc(-c3nc(SCc4ccc(Cl)cc4)[nH]c(=O)c3C#N)ccc21. The third-order valence-corrected chi connectivity index (χ3v) is 6.86. The summed E-state index contributed by atoms with van der Waals surface area (Å²) in [6.07, 6.45) is 0. The first-order chi connectivity index (χ1) is 16.1. The van der Waals surface area contributed by atoms with Crippen molar-refractivity contribution in [3.63, 3.8) is 0 Å². The van der Waals surface area contributed by atoms with Crippen molar-refractivity contribution in [2.45, 2.75) is 24.4 Å². The molecule has 5 rings (SSSR count). The Bertz CT molecular complexity index is 1600. The minimum absolute atomic E-state index is 0.0180. The van der Waals surface area contributed by atoms with Crippen LogP contribution < -0.4 is 5.56 Å². The lowest BCUT2D eigenvalue weighted by atomic mass is 10.0. The summed E-state index contributed by atoms with van der Waals surface area (Å²) in [7, 11) is 0. The fraction of sp³-hybridized carbons (Fsp3) is 0.115. The van der Waals surface area contributed by atoms with Crippen LogP contribution in [0.2, 0.25) is 5.02 Å². The van der Waals surface area contributed by atoms with E-state index in [9.17, 15) is 10.1 Å². The molecule has 0 aliphatic rings. The van der Waals surface area contributed by atoms with Crippen molar-refractivity contribution in [3.05, 3.63) is 93.2 Å². The molecule has 0 radical (unpaired) electrons. The number of para-hydroxylation sites is 1. The lowest BCUT2D eigenvalue weighted by molar-refractivity contribution is 0.827. The highest BCUT2D eigenvalue weighted by Gasteiger charge is 2.16. The van der Waals surface area contributed by atoms with Gasteiger partial charge in [-0.05, 0) is 42.8 Å². The summed E-state index contributed by atoms with van der Waals surface area (Å²) in [5.41, 5.74) is 4.06. The van der Waals surface area contributed by atoms with Crippen LogP contribution in [0.5, 0.6) is 0 Å². The molecule has 5 aromatic rings. The van der Waals surface area contributed by atoms with Gasteiger partial charge in [-0.15, -0.1) is 0 Å². The van der Waals surface area contributed by atoms with Crippen molar-refractivity contribution in [3.8, 4) is 17.3 Å². The number of halogens is 1. The molecule has 1 N–H and O–H groups in total. The number of hydrogen-bond acceptors (Lipinski definition) is 4. The van der Waals surface area contributed by atoms with Gasteiger partial charge in [0.15, 0.2) is 5.16 Å². The largest absolute Gasteiger partial charge is 0.341 e. The van der Waals surface area contributed by atoms with Gasteiger partial charge >= 0.3 is 0 Å². The second-order valence-electron chi connectivity index (χ2n) is 7.61. The number of aromatic nitrogens is 3. The molecule has 0 spiro atoms. The molecule has 162 valence electrons. The molecular formula is C26H19ClN4OS. The van der Waals surface area contributed by atoms with Gasteiger partial charge in [0.25, 0.3) is 5.56 Å². The van der Waals surface area contributed by atoms with Crippen LogP contribution in [0.1, 0.15) is 18.1 Å². The van der Waals surface area contributed by atoms with Crippen LogP contribution in [-0.4, -0.2) is 14.5 Å². The Kier molecular flexibility index (Phi) is 5.67. The molecule has 0 aliphatic carbocycles. The molecule has 0 bridgehead atoms. The number of nitrogens with zero attached hydrogens (tertiary/aromatic N) is 3. The Morgan fingerprint density at radius 1 is 1.06 bits per heavy atom. The maximum Gasteiger partial charge on any atom is 0.270 e. The number of nitriles is 1. The molecule has 2 heterocycles. The molecule has 0 fully saturated rings. The van der Waals surface area contributed by atoms with E-state index < -0.39 is 5.56 Å². The molecule has 33 heavy (non-hydrogen) atoms. The Morgan fingerprint density at radius 2 is 1.82 bits per heavy atom. The molecule has 0 aliphatic heterocycles. The lowest BCUT2D eigenvalue weighted by Gasteiger charge is -2.08. The highest BCUT2D eigenvalue weighted by Crippen LogP contribution is 2.33. The number of nitrogens with one attached hydrogen (secondary N) is 1. The topological polar surface area (TPSA) is 74.5 Å². The third-order valence-electron chi connectivity index (χ3n) is 5.66. The molecule has 2 aromatic heterocycles. The second-order valence-corrected chi connectivity index (χ2v) is 9.02. The monoisotopic (exact) mass is 470 g/mol. The van der Waals surface area contributed by atoms with Crippen LogP contribution >= 0.6 is 23.4 Å². The van der Waals surface area contributed by atoms with Crippen LogP contribution in [0.25, 0.3) is 33.1 Å². The normalized spacial score (nSPS) is 11.2. The summed E-state index contributed by atoms with van der Waals surface area (Å²) < 4.78 is 2.26. The molecule has 0 amide bonds. The Labute approximate surface area is 199 Å². The van der Waals surface area contributed by atoms with Crippen molar-refractivity contribution in [2.75, 3.05) is 0 Å². The maximum atomic E-state index is 12.7. The number of fused-ring (bicyclic) bond motifs is 3. The van der Waals surface area contributed by atoms with Gasteiger partial charge < -0.3 is 9.55 Å². The number of hydrogen-bond donors (Lipinski definition) is 1. The van der Waals surface area contributed by atoms with Crippen LogP contribution in [0.4, 0.5) is 0 Å². The van der Waals surface area contributed by atoms with Gasteiger partial charge in [0, 0.05) is 44.7 Å². The number of aromatic amines is 1. The summed E-state index contributed by atoms with van der Waals surface area (Å²) in [4.78, 5) is 20.1. The van der Waals surface area contributed by atoms with Crippen molar-refractivity contribution in [1.82, 2.24) is 14.5 Å². The van der Waals surface area contributed by atoms with Gasteiger partial charge in [-0.25, -0.2) is 4.98 Å². The summed E-state index contributed by atoms with van der Waals surface area (Å²) >= 11 is 7.37. The van der Waals surface area contributed by atoms with E-state index in [2.05, 4.69) is 33.6 Å². The molecule has 0 atom stereocenters. The molecule has 3 aromatic carbocycles. The predicted molar refractivity (Wildman–Crippen MR) is 135 cm³/mol. The van der Waals surface area contributed by atoms with E-state index in [-0.39, 0.29) is 5.56 Å². The summed E-state index contributed by atoms with van der Waals surface area (Å²) in [5.74, 6) is 0.620. The fourth-order valence-electron chi connectivity index (χ4n) is 4.11. The van der Waals surface area contributed by atoms with E-state index in [0.29, 0.717) is 21.6 Å². The number of H-pyrrole nitrogens is 1. The maximum absolute atomic E-state index is 12.7. The van der Waals surface area contributed by atoms with Gasteiger partial charge in [0.05, 0.1) is 5.69 Å². The Morgan fingerprint density at radius 3 is 2.58 bits per heavy atom. The van der Waals surface area contributed by atoms with Gasteiger partial charge in [-0.3, -0.25) is 4.79 Å². The minimum atomic E-state index is -0.433.